The van der Waals surface area contributed by atoms with Gasteiger partial charge in [0.2, 0.25) is 0 Å². The third-order valence-corrected chi connectivity index (χ3v) is 2.75. The molecule has 2 aromatic heterocycles. The standard InChI is InChI=1S/C13H9N3O2/c17-12(8-4-2-1-3-5-8)9-6-14-11-10(9)15-7-16-13(11)18/h1-7,14H,(H,15,16,18). The molecule has 3 rings (SSSR count). The maximum atomic E-state index is 12.3. The molecule has 0 unspecified atom stereocenters. The van der Waals surface area contributed by atoms with E-state index in [-0.39, 0.29) is 11.3 Å². The molecule has 0 saturated heterocycles. The van der Waals surface area contributed by atoms with Crippen LogP contribution in [-0.2, 0) is 0 Å². The Morgan fingerprint density at radius 2 is 1.89 bits per heavy atom. The van der Waals surface area contributed by atoms with Gasteiger partial charge in [-0.3, -0.25) is 9.59 Å². The van der Waals surface area contributed by atoms with E-state index in [0.717, 1.165) is 0 Å². The minimum Gasteiger partial charge on any atom is -0.355 e. The van der Waals surface area contributed by atoms with Crippen molar-refractivity contribution >= 4 is 16.8 Å². The van der Waals surface area contributed by atoms with Crippen molar-refractivity contribution in [3.8, 4) is 0 Å². The molecule has 0 aliphatic rings. The van der Waals surface area contributed by atoms with Gasteiger partial charge in [0.05, 0.1) is 11.9 Å². The number of nitrogens with one attached hydrogen (secondary N) is 2. The third-order valence-electron chi connectivity index (χ3n) is 2.75. The van der Waals surface area contributed by atoms with E-state index in [1.54, 1.807) is 24.3 Å². The fraction of sp³-hybridized carbons (Fsp3) is 0. The molecule has 88 valence electrons. The molecule has 5 heteroatoms. The van der Waals surface area contributed by atoms with Gasteiger partial charge in [0.25, 0.3) is 5.56 Å². The summed E-state index contributed by atoms with van der Waals surface area (Å²) in [6.07, 6.45) is 2.81. The highest BCUT2D eigenvalue weighted by Crippen LogP contribution is 2.16. The highest BCUT2D eigenvalue weighted by Gasteiger charge is 2.15. The number of ketones is 1. The fourth-order valence-electron chi connectivity index (χ4n) is 1.87. The van der Waals surface area contributed by atoms with Gasteiger partial charge in [0, 0.05) is 11.8 Å². The van der Waals surface area contributed by atoms with Gasteiger partial charge < -0.3 is 9.97 Å². The number of fused-ring (bicyclic) bond motifs is 1. The summed E-state index contributed by atoms with van der Waals surface area (Å²) in [5.74, 6) is -0.153. The van der Waals surface area contributed by atoms with Gasteiger partial charge in [-0.2, -0.15) is 0 Å². The minimum absolute atomic E-state index is 0.153. The highest BCUT2D eigenvalue weighted by molar-refractivity contribution is 6.15. The van der Waals surface area contributed by atoms with Crippen molar-refractivity contribution in [3.63, 3.8) is 0 Å². The van der Waals surface area contributed by atoms with Crippen molar-refractivity contribution < 1.29 is 4.79 Å². The lowest BCUT2D eigenvalue weighted by Gasteiger charge is -1.98. The zero-order valence-corrected chi connectivity index (χ0v) is 9.31. The lowest BCUT2D eigenvalue weighted by atomic mass is 10.1. The molecule has 0 radical (unpaired) electrons. The number of H-pyrrole nitrogens is 2. The zero-order valence-electron chi connectivity index (χ0n) is 9.31. The van der Waals surface area contributed by atoms with Gasteiger partial charge in [-0.1, -0.05) is 30.3 Å². The van der Waals surface area contributed by atoms with Crippen molar-refractivity contribution in [1.82, 2.24) is 15.0 Å². The van der Waals surface area contributed by atoms with Crippen LogP contribution in [-0.4, -0.2) is 20.7 Å². The summed E-state index contributed by atoms with van der Waals surface area (Å²) in [5, 5.41) is 0. The van der Waals surface area contributed by atoms with Crippen molar-refractivity contribution in [2.45, 2.75) is 0 Å². The number of carbonyl (C=O) groups is 1. The first-order chi connectivity index (χ1) is 8.77. The summed E-state index contributed by atoms with van der Waals surface area (Å²) in [4.78, 5) is 33.1. The Hall–Kier alpha value is -2.69. The second-order valence-electron chi connectivity index (χ2n) is 3.85. The van der Waals surface area contributed by atoms with E-state index < -0.39 is 0 Å². The van der Waals surface area contributed by atoms with Crippen LogP contribution in [0.15, 0.2) is 47.7 Å². The first-order valence-electron chi connectivity index (χ1n) is 5.42. The van der Waals surface area contributed by atoms with E-state index in [0.29, 0.717) is 22.2 Å². The van der Waals surface area contributed by atoms with Crippen molar-refractivity contribution in [2.24, 2.45) is 0 Å². The SMILES string of the molecule is O=C(c1ccccc1)c1c[nH]c2c(=O)[nH]cnc12. The largest absolute Gasteiger partial charge is 0.355 e. The molecule has 2 heterocycles. The molecule has 0 fully saturated rings. The lowest BCUT2D eigenvalue weighted by Crippen LogP contribution is -2.07. The molecule has 0 amide bonds. The Kier molecular flexibility index (Phi) is 2.30. The Balaban J connectivity index is 2.19. The normalized spacial score (nSPS) is 10.7. The fourth-order valence-corrected chi connectivity index (χ4v) is 1.87. The van der Waals surface area contributed by atoms with Crippen LogP contribution in [0, 0.1) is 0 Å². The maximum Gasteiger partial charge on any atom is 0.275 e. The molecule has 0 bridgehead atoms. The second kappa shape index (κ2) is 3.96. The molecule has 5 nitrogen and oxygen atoms in total. The summed E-state index contributed by atoms with van der Waals surface area (Å²) in [7, 11) is 0. The van der Waals surface area contributed by atoms with Crippen LogP contribution in [0.5, 0.6) is 0 Å². The van der Waals surface area contributed by atoms with Crippen LogP contribution >= 0.6 is 0 Å². The number of aromatic amines is 2. The van der Waals surface area contributed by atoms with E-state index in [9.17, 15) is 9.59 Å². The van der Waals surface area contributed by atoms with E-state index in [1.807, 2.05) is 6.07 Å². The predicted molar refractivity (Wildman–Crippen MR) is 66.6 cm³/mol. The number of benzene rings is 1. The molecule has 0 aliphatic heterocycles. The zero-order chi connectivity index (χ0) is 12.5. The van der Waals surface area contributed by atoms with Gasteiger partial charge in [-0.25, -0.2) is 4.98 Å². The number of rotatable bonds is 2. The Morgan fingerprint density at radius 3 is 2.67 bits per heavy atom. The van der Waals surface area contributed by atoms with Crippen LogP contribution in [0.3, 0.4) is 0 Å². The van der Waals surface area contributed by atoms with Crippen LogP contribution < -0.4 is 5.56 Å². The van der Waals surface area contributed by atoms with Gasteiger partial charge >= 0.3 is 0 Å². The molecule has 0 saturated carbocycles. The van der Waals surface area contributed by atoms with Crippen LogP contribution in [0.4, 0.5) is 0 Å². The first-order valence-corrected chi connectivity index (χ1v) is 5.42. The molecule has 3 aromatic rings. The average molecular weight is 239 g/mol. The smallest absolute Gasteiger partial charge is 0.275 e. The van der Waals surface area contributed by atoms with Crippen LogP contribution in [0.1, 0.15) is 15.9 Å². The van der Waals surface area contributed by atoms with E-state index in [1.165, 1.54) is 12.5 Å². The monoisotopic (exact) mass is 239 g/mol. The topological polar surface area (TPSA) is 78.6 Å². The molecular weight excluding hydrogens is 230 g/mol. The Labute approximate surface area is 102 Å². The van der Waals surface area contributed by atoms with E-state index in [4.69, 9.17) is 0 Å². The molecular formula is C13H9N3O2. The van der Waals surface area contributed by atoms with Gasteiger partial charge in [-0.15, -0.1) is 0 Å². The van der Waals surface area contributed by atoms with Gasteiger partial charge in [-0.05, 0) is 0 Å². The van der Waals surface area contributed by atoms with Gasteiger partial charge in [0.15, 0.2) is 5.78 Å². The summed E-state index contributed by atoms with van der Waals surface area (Å²) < 4.78 is 0. The van der Waals surface area contributed by atoms with Gasteiger partial charge in [0.1, 0.15) is 11.0 Å². The van der Waals surface area contributed by atoms with Crippen LogP contribution in [0.2, 0.25) is 0 Å². The van der Waals surface area contributed by atoms with E-state index in [2.05, 4.69) is 15.0 Å². The number of carbonyl (C=O) groups excluding carboxylic acids is 1. The Bertz CT molecular complexity index is 772. The molecule has 0 spiro atoms. The number of hydrogen-bond acceptors (Lipinski definition) is 3. The summed E-state index contributed by atoms with van der Waals surface area (Å²) >= 11 is 0. The molecule has 18 heavy (non-hydrogen) atoms. The molecule has 0 aliphatic carbocycles. The predicted octanol–water partition coefficient (Wildman–Crippen LogP) is 1.48. The molecule has 0 atom stereocenters. The average Bonchev–Trinajstić information content (AvgIpc) is 2.84. The number of hydrogen-bond donors (Lipinski definition) is 2. The summed E-state index contributed by atoms with van der Waals surface area (Å²) in [6, 6.07) is 8.89. The lowest BCUT2D eigenvalue weighted by molar-refractivity contribution is 0.104. The number of aromatic nitrogens is 3. The Morgan fingerprint density at radius 1 is 1.11 bits per heavy atom. The maximum absolute atomic E-state index is 12.3. The molecule has 2 N–H and O–H groups in total. The second-order valence-corrected chi connectivity index (χ2v) is 3.85. The van der Waals surface area contributed by atoms with E-state index >= 15 is 0 Å². The highest BCUT2D eigenvalue weighted by atomic mass is 16.1. The summed E-state index contributed by atoms with van der Waals surface area (Å²) in [5.41, 5.74) is 1.40. The number of nitrogens with zero attached hydrogens (tertiary/aromatic N) is 1. The van der Waals surface area contributed by atoms with Crippen molar-refractivity contribution in [2.75, 3.05) is 0 Å². The third kappa shape index (κ3) is 1.53. The van der Waals surface area contributed by atoms with Crippen LogP contribution in [0.25, 0.3) is 11.0 Å². The van der Waals surface area contributed by atoms with Crippen molar-refractivity contribution in [3.05, 3.63) is 64.3 Å². The van der Waals surface area contributed by atoms with Crippen molar-refractivity contribution in [1.29, 1.82) is 0 Å². The molecule has 1 aromatic carbocycles. The quantitative estimate of drug-likeness (QED) is 0.665. The summed E-state index contributed by atoms with van der Waals surface area (Å²) in [6.45, 7) is 0. The minimum atomic E-state index is -0.285. The first kappa shape index (κ1) is 10.5.